The predicted octanol–water partition coefficient (Wildman–Crippen LogP) is 6.58. The van der Waals surface area contributed by atoms with Gasteiger partial charge in [0, 0.05) is 56.9 Å². The van der Waals surface area contributed by atoms with Crippen LogP contribution in [0.2, 0.25) is 0 Å². The fraction of sp³-hybridized carbons (Fsp3) is 0.719. The summed E-state index contributed by atoms with van der Waals surface area (Å²) in [7, 11) is 0. The molecular weight excluding hydrogens is 508 g/mol. The number of piperidine rings is 2. The fourth-order valence-corrected chi connectivity index (χ4v) is 7.40. The lowest BCUT2D eigenvalue weighted by atomic mass is 9.77. The van der Waals surface area contributed by atoms with Crippen molar-refractivity contribution in [3.63, 3.8) is 0 Å². The van der Waals surface area contributed by atoms with Crippen LogP contribution in [0.5, 0.6) is 0 Å². The van der Waals surface area contributed by atoms with E-state index in [4.69, 9.17) is 0 Å². The summed E-state index contributed by atoms with van der Waals surface area (Å²) in [6, 6.07) is 11.4. The van der Waals surface area contributed by atoms with Gasteiger partial charge in [-0.2, -0.15) is 0 Å². The van der Waals surface area contributed by atoms with Gasteiger partial charge in [-0.25, -0.2) is 8.78 Å². The van der Waals surface area contributed by atoms with E-state index in [-0.39, 0.29) is 24.7 Å². The van der Waals surface area contributed by atoms with Gasteiger partial charge in [0.2, 0.25) is 11.8 Å². The smallest absolute Gasteiger partial charge is 0.248 e. The van der Waals surface area contributed by atoms with Gasteiger partial charge in [-0.15, -0.1) is 10.2 Å². The van der Waals surface area contributed by atoms with E-state index in [2.05, 4.69) is 70.8 Å². The SMILES string of the molecule is Cc1nnc(C(C)C)n1C1CCN(CC[C@@H](c2ccccc2)C2CCN(C(=O)C3CCC(F)(F)CC3)CC2)CC1. The molecule has 3 heterocycles. The van der Waals surface area contributed by atoms with Crippen molar-refractivity contribution in [2.45, 2.75) is 102 Å². The number of hydrogen-bond acceptors (Lipinski definition) is 4. The molecule has 5 rings (SSSR count). The molecule has 3 aliphatic rings. The Morgan fingerprint density at radius 1 is 0.950 bits per heavy atom. The molecule has 2 aromatic rings. The summed E-state index contributed by atoms with van der Waals surface area (Å²) in [6.07, 6.45) is 5.70. The monoisotopic (exact) mass is 555 g/mol. The van der Waals surface area contributed by atoms with Crippen molar-refractivity contribution >= 4 is 5.91 Å². The Morgan fingerprint density at radius 3 is 2.23 bits per heavy atom. The van der Waals surface area contributed by atoms with Crippen LogP contribution in [0.15, 0.2) is 30.3 Å². The summed E-state index contributed by atoms with van der Waals surface area (Å²) in [5.41, 5.74) is 1.40. The average Bonchev–Trinajstić information content (AvgIpc) is 3.36. The minimum absolute atomic E-state index is 0.108. The van der Waals surface area contributed by atoms with Crippen LogP contribution in [0.4, 0.5) is 8.78 Å². The van der Waals surface area contributed by atoms with Crippen molar-refractivity contribution in [2.24, 2.45) is 11.8 Å². The van der Waals surface area contributed by atoms with Crippen molar-refractivity contribution in [1.82, 2.24) is 24.6 Å². The average molecular weight is 556 g/mol. The molecule has 3 fully saturated rings. The maximum atomic E-state index is 13.6. The third-order valence-electron chi connectivity index (χ3n) is 9.80. The third kappa shape index (κ3) is 6.75. The lowest BCUT2D eigenvalue weighted by molar-refractivity contribution is -0.141. The molecule has 8 heteroatoms. The molecule has 1 amide bonds. The third-order valence-corrected chi connectivity index (χ3v) is 9.80. The Kier molecular flexibility index (Phi) is 9.23. The first-order chi connectivity index (χ1) is 19.2. The predicted molar refractivity (Wildman–Crippen MR) is 154 cm³/mol. The molecule has 1 atom stereocenters. The van der Waals surface area contributed by atoms with Crippen LogP contribution in [-0.4, -0.2) is 69.1 Å². The van der Waals surface area contributed by atoms with Crippen molar-refractivity contribution in [3.8, 4) is 0 Å². The Labute approximate surface area is 238 Å². The lowest BCUT2D eigenvalue weighted by Crippen LogP contribution is -2.44. The molecule has 2 aliphatic heterocycles. The normalized spacial score (nSPS) is 22.6. The number of hydrogen-bond donors (Lipinski definition) is 0. The van der Waals surface area contributed by atoms with Crippen LogP contribution in [0.25, 0.3) is 0 Å². The van der Waals surface area contributed by atoms with Crippen molar-refractivity contribution in [2.75, 3.05) is 32.7 Å². The van der Waals surface area contributed by atoms with E-state index < -0.39 is 5.92 Å². The van der Waals surface area contributed by atoms with E-state index in [1.165, 1.54) is 5.56 Å². The first-order valence-corrected chi connectivity index (χ1v) is 15.6. The van der Waals surface area contributed by atoms with E-state index in [1.54, 1.807) is 0 Å². The number of benzene rings is 1. The van der Waals surface area contributed by atoms with E-state index in [0.29, 0.717) is 36.6 Å². The lowest BCUT2D eigenvalue weighted by Gasteiger charge is -2.40. The fourth-order valence-electron chi connectivity index (χ4n) is 7.40. The molecule has 220 valence electrons. The first kappa shape index (κ1) is 29.2. The topological polar surface area (TPSA) is 54.3 Å². The second-order valence-corrected chi connectivity index (χ2v) is 12.8. The zero-order valence-corrected chi connectivity index (χ0v) is 24.6. The van der Waals surface area contributed by atoms with E-state index in [1.807, 2.05) is 4.90 Å². The molecule has 0 radical (unpaired) electrons. The number of carbonyl (C=O) groups is 1. The zero-order valence-electron chi connectivity index (χ0n) is 24.6. The van der Waals surface area contributed by atoms with Gasteiger partial charge in [-0.3, -0.25) is 4.79 Å². The van der Waals surface area contributed by atoms with E-state index in [0.717, 1.165) is 76.5 Å². The zero-order chi connectivity index (χ0) is 28.3. The highest BCUT2D eigenvalue weighted by atomic mass is 19.3. The molecule has 1 aromatic carbocycles. The summed E-state index contributed by atoms with van der Waals surface area (Å²) in [5, 5.41) is 8.82. The maximum Gasteiger partial charge on any atom is 0.248 e. The van der Waals surface area contributed by atoms with Crippen molar-refractivity contribution in [3.05, 3.63) is 47.5 Å². The Balaban J connectivity index is 1.15. The van der Waals surface area contributed by atoms with Crippen molar-refractivity contribution < 1.29 is 13.6 Å². The number of aromatic nitrogens is 3. The highest BCUT2D eigenvalue weighted by Crippen LogP contribution is 2.39. The van der Waals surface area contributed by atoms with Gasteiger partial charge in [0.25, 0.3) is 0 Å². The van der Waals surface area contributed by atoms with Crippen LogP contribution >= 0.6 is 0 Å². The minimum atomic E-state index is -2.59. The van der Waals surface area contributed by atoms with Crippen LogP contribution in [0.1, 0.15) is 107 Å². The van der Waals surface area contributed by atoms with Crippen LogP contribution in [0.3, 0.4) is 0 Å². The number of likely N-dealkylation sites (tertiary alicyclic amines) is 2. The van der Waals surface area contributed by atoms with Crippen LogP contribution in [0, 0.1) is 18.8 Å². The summed E-state index contributed by atoms with van der Waals surface area (Å²) >= 11 is 0. The van der Waals surface area contributed by atoms with Crippen molar-refractivity contribution in [1.29, 1.82) is 0 Å². The number of halogens is 2. The van der Waals surface area contributed by atoms with Crippen LogP contribution in [-0.2, 0) is 4.79 Å². The number of carbonyl (C=O) groups excluding carboxylic acids is 1. The van der Waals surface area contributed by atoms with Crippen LogP contribution < -0.4 is 0 Å². The summed E-state index contributed by atoms with van der Waals surface area (Å²) in [6.45, 7) is 11.2. The van der Waals surface area contributed by atoms with E-state index in [9.17, 15) is 13.6 Å². The van der Waals surface area contributed by atoms with Gasteiger partial charge in [0.05, 0.1) is 0 Å². The first-order valence-electron chi connectivity index (χ1n) is 15.6. The molecule has 0 spiro atoms. The number of nitrogens with zero attached hydrogens (tertiary/aromatic N) is 5. The molecule has 0 unspecified atom stereocenters. The van der Waals surface area contributed by atoms with Gasteiger partial charge >= 0.3 is 0 Å². The minimum Gasteiger partial charge on any atom is -0.342 e. The van der Waals surface area contributed by atoms with Gasteiger partial charge in [0.15, 0.2) is 0 Å². The summed E-state index contributed by atoms with van der Waals surface area (Å²) in [5.74, 6) is 0.808. The summed E-state index contributed by atoms with van der Waals surface area (Å²) < 4.78 is 29.6. The number of amides is 1. The number of alkyl halides is 2. The number of rotatable bonds is 8. The Morgan fingerprint density at radius 2 is 1.60 bits per heavy atom. The molecular formula is C32H47F2N5O. The molecule has 0 N–H and O–H groups in total. The molecule has 2 saturated heterocycles. The van der Waals surface area contributed by atoms with Gasteiger partial charge in [-0.1, -0.05) is 44.2 Å². The van der Waals surface area contributed by atoms with E-state index >= 15 is 0 Å². The standard InChI is InChI=1S/C32H47F2N5O/c1-23(2)30-36-35-24(3)39(30)28-13-18-37(19-14-28)20-15-29(25-7-5-4-6-8-25)26-11-21-38(22-12-26)31(40)27-9-16-32(33,34)17-10-27/h4-8,23,26-29H,9-22H2,1-3H3/t29-/m0/s1. The van der Waals surface area contributed by atoms with Gasteiger partial charge in [0.1, 0.15) is 11.6 Å². The second-order valence-electron chi connectivity index (χ2n) is 12.8. The van der Waals surface area contributed by atoms with Gasteiger partial charge < -0.3 is 14.4 Å². The second kappa shape index (κ2) is 12.7. The highest BCUT2D eigenvalue weighted by molar-refractivity contribution is 5.79. The number of aryl methyl sites for hydroxylation is 1. The quantitative estimate of drug-likeness (QED) is 0.369. The highest BCUT2D eigenvalue weighted by Gasteiger charge is 2.39. The van der Waals surface area contributed by atoms with Gasteiger partial charge in [-0.05, 0) is 75.8 Å². The summed E-state index contributed by atoms with van der Waals surface area (Å²) in [4.78, 5) is 17.7. The largest absolute Gasteiger partial charge is 0.342 e. The Bertz CT molecular complexity index is 1090. The molecule has 1 aliphatic carbocycles. The molecule has 40 heavy (non-hydrogen) atoms. The molecule has 6 nitrogen and oxygen atoms in total. The molecule has 1 saturated carbocycles. The molecule has 0 bridgehead atoms. The molecule has 1 aromatic heterocycles. The maximum absolute atomic E-state index is 13.6. The Hall–Kier alpha value is -2.35.